The summed E-state index contributed by atoms with van der Waals surface area (Å²) in [5, 5.41) is 0.0579. The molecule has 7 nitrogen and oxygen atoms in total. The molecule has 1 heterocycles. The highest BCUT2D eigenvalue weighted by molar-refractivity contribution is 6.33. The molecule has 0 N–H and O–H groups in total. The molecule has 154 valence electrons. The maximum atomic E-state index is 13.2. The number of benzene rings is 1. The maximum absolute atomic E-state index is 13.2. The van der Waals surface area contributed by atoms with Crippen LogP contribution in [-0.4, -0.2) is 78.0 Å². The Morgan fingerprint density at radius 2 is 1.71 bits per heavy atom. The topological polar surface area (TPSA) is 70.2 Å². The minimum Gasteiger partial charge on any atom is -0.444 e. The lowest BCUT2D eigenvalue weighted by Gasteiger charge is -2.35. The first-order chi connectivity index (χ1) is 13.0. The predicted molar refractivity (Wildman–Crippen MR) is 103 cm³/mol. The third-order valence-electron chi connectivity index (χ3n) is 4.16. The van der Waals surface area contributed by atoms with Crippen LogP contribution in [0.3, 0.4) is 0 Å². The monoisotopic (exact) mass is 413 g/mol. The van der Waals surface area contributed by atoms with E-state index in [4.69, 9.17) is 16.3 Å². The summed E-state index contributed by atoms with van der Waals surface area (Å²) in [5.74, 6) is -1.03. The Bertz CT molecular complexity index is 758. The zero-order valence-electron chi connectivity index (χ0n) is 16.5. The van der Waals surface area contributed by atoms with Gasteiger partial charge in [-0.15, -0.1) is 0 Å². The van der Waals surface area contributed by atoms with E-state index in [-0.39, 0.29) is 28.9 Å². The van der Waals surface area contributed by atoms with Crippen molar-refractivity contribution in [2.45, 2.75) is 26.4 Å². The van der Waals surface area contributed by atoms with Gasteiger partial charge >= 0.3 is 6.09 Å². The van der Waals surface area contributed by atoms with Crippen LogP contribution in [0.15, 0.2) is 18.2 Å². The summed E-state index contributed by atoms with van der Waals surface area (Å²) in [6.07, 6.45) is -0.569. The number of piperazine rings is 1. The summed E-state index contributed by atoms with van der Waals surface area (Å²) in [7, 11) is 1.50. The highest BCUT2D eigenvalue weighted by Crippen LogP contribution is 2.20. The molecule has 2 rings (SSSR count). The molecular weight excluding hydrogens is 389 g/mol. The van der Waals surface area contributed by atoms with E-state index in [0.717, 1.165) is 6.07 Å². The Hall–Kier alpha value is -2.35. The molecular formula is C19H25ClFN3O4. The van der Waals surface area contributed by atoms with Gasteiger partial charge in [-0.05, 0) is 39.0 Å². The van der Waals surface area contributed by atoms with Crippen LogP contribution < -0.4 is 0 Å². The molecule has 28 heavy (non-hydrogen) atoms. The molecule has 0 aliphatic carbocycles. The summed E-state index contributed by atoms with van der Waals surface area (Å²) >= 11 is 5.95. The summed E-state index contributed by atoms with van der Waals surface area (Å²) in [6, 6.07) is 3.64. The first-order valence-electron chi connectivity index (χ1n) is 8.94. The number of halogens is 2. The van der Waals surface area contributed by atoms with Crippen molar-refractivity contribution in [3.05, 3.63) is 34.6 Å². The van der Waals surface area contributed by atoms with Crippen LogP contribution in [0.1, 0.15) is 31.1 Å². The fourth-order valence-corrected chi connectivity index (χ4v) is 2.95. The third-order valence-corrected chi connectivity index (χ3v) is 4.47. The number of ether oxygens (including phenoxy) is 1. The Labute approximate surface area is 169 Å². The highest BCUT2D eigenvalue weighted by atomic mass is 35.5. The van der Waals surface area contributed by atoms with E-state index in [1.165, 1.54) is 24.1 Å². The average molecular weight is 414 g/mol. The molecule has 0 bridgehead atoms. The van der Waals surface area contributed by atoms with Gasteiger partial charge in [0.2, 0.25) is 5.91 Å². The number of carbonyl (C=O) groups excluding carboxylic acids is 3. The van der Waals surface area contributed by atoms with Crippen LogP contribution in [0.4, 0.5) is 9.18 Å². The molecule has 1 aromatic rings. The number of hydrogen-bond donors (Lipinski definition) is 0. The van der Waals surface area contributed by atoms with Gasteiger partial charge in [0.25, 0.3) is 5.91 Å². The van der Waals surface area contributed by atoms with Gasteiger partial charge in [-0.1, -0.05) is 11.6 Å². The van der Waals surface area contributed by atoms with Gasteiger partial charge in [-0.3, -0.25) is 9.59 Å². The first-order valence-corrected chi connectivity index (χ1v) is 9.32. The second-order valence-corrected chi connectivity index (χ2v) is 8.04. The molecule has 1 aliphatic heterocycles. The molecule has 3 amide bonds. The van der Waals surface area contributed by atoms with E-state index in [0.29, 0.717) is 26.2 Å². The van der Waals surface area contributed by atoms with Gasteiger partial charge in [-0.2, -0.15) is 0 Å². The molecule has 1 aromatic carbocycles. The zero-order valence-corrected chi connectivity index (χ0v) is 17.3. The molecule has 0 saturated carbocycles. The number of nitrogens with zero attached hydrogens (tertiary/aromatic N) is 3. The number of likely N-dealkylation sites (N-methyl/N-ethyl adjacent to an activating group) is 1. The Morgan fingerprint density at radius 3 is 2.25 bits per heavy atom. The molecule has 1 aliphatic rings. The fourth-order valence-electron chi connectivity index (χ4n) is 2.70. The average Bonchev–Trinajstić information content (AvgIpc) is 2.59. The molecule has 9 heteroatoms. The Kier molecular flexibility index (Phi) is 6.87. The van der Waals surface area contributed by atoms with Gasteiger partial charge in [0.05, 0.1) is 10.6 Å². The van der Waals surface area contributed by atoms with Crippen molar-refractivity contribution < 1.29 is 23.5 Å². The molecule has 0 radical (unpaired) electrons. The van der Waals surface area contributed by atoms with E-state index in [1.54, 1.807) is 30.6 Å². The molecule has 1 fully saturated rings. The SMILES string of the molecule is CN(CC(=O)N1CCN(C(=O)c2ccc(F)cc2Cl)CC1)C(=O)OC(C)(C)C. The largest absolute Gasteiger partial charge is 0.444 e. The van der Waals surface area contributed by atoms with Crippen molar-refractivity contribution in [3.8, 4) is 0 Å². The van der Waals surface area contributed by atoms with E-state index >= 15 is 0 Å². The lowest BCUT2D eigenvalue weighted by molar-refractivity contribution is -0.133. The lowest BCUT2D eigenvalue weighted by atomic mass is 10.1. The number of rotatable bonds is 3. The minimum absolute atomic E-state index is 0.0579. The van der Waals surface area contributed by atoms with Gasteiger partial charge in [0.15, 0.2) is 0 Å². The Morgan fingerprint density at radius 1 is 1.14 bits per heavy atom. The van der Waals surface area contributed by atoms with E-state index < -0.39 is 17.5 Å². The van der Waals surface area contributed by atoms with Crippen LogP contribution in [-0.2, 0) is 9.53 Å². The number of carbonyl (C=O) groups is 3. The summed E-state index contributed by atoms with van der Waals surface area (Å²) in [4.78, 5) is 41.3. The predicted octanol–water partition coefficient (Wildman–Crippen LogP) is 2.63. The van der Waals surface area contributed by atoms with Crippen molar-refractivity contribution in [3.63, 3.8) is 0 Å². The highest BCUT2D eigenvalue weighted by Gasteiger charge is 2.28. The van der Waals surface area contributed by atoms with Crippen LogP contribution >= 0.6 is 11.6 Å². The smallest absolute Gasteiger partial charge is 0.410 e. The normalized spacial score (nSPS) is 14.6. The van der Waals surface area contributed by atoms with Crippen molar-refractivity contribution in [2.75, 3.05) is 39.8 Å². The molecule has 0 aromatic heterocycles. The maximum Gasteiger partial charge on any atom is 0.410 e. The van der Waals surface area contributed by atoms with Gasteiger partial charge in [-0.25, -0.2) is 9.18 Å². The number of hydrogen-bond acceptors (Lipinski definition) is 4. The van der Waals surface area contributed by atoms with Crippen LogP contribution in [0.2, 0.25) is 5.02 Å². The van der Waals surface area contributed by atoms with E-state index in [2.05, 4.69) is 0 Å². The van der Waals surface area contributed by atoms with Crippen LogP contribution in [0.25, 0.3) is 0 Å². The van der Waals surface area contributed by atoms with E-state index in [1.807, 2.05) is 0 Å². The fraction of sp³-hybridized carbons (Fsp3) is 0.526. The van der Waals surface area contributed by atoms with Gasteiger partial charge in [0, 0.05) is 33.2 Å². The molecule has 1 saturated heterocycles. The summed E-state index contributed by atoms with van der Waals surface area (Å²) in [5.41, 5.74) is -0.408. The van der Waals surface area contributed by atoms with E-state index in [9.17, 15) is 18.8 Å². The van der Waals surface area contributed by atoms with Crippen LogP contribution in [0, 0.1) is 5.82 Å². The Balaban J connectivity index is 1.88. The van der Waals surface area contributed by atoms with Gasteiger partial charge < -0.3 is 19.4 Å². The van der Waals surface area contributed by atoms with Crippen molar-refractivity contribution in [1.29, 1.82) is 0 Å². The lowest BCUT2D eigenvalue weighted by Crippen LogP contribution is -2.53. The second-order valence-electron chi connectivity index (χ2n) is 7.63. The number of amides is 3. The van der Waals surface area contributed by atoms with Crippen molar-refractivity contribution >= 4 is 29.5 Å². The zero-order chi connectivity index (χ0) is 21.1. The first kappa shape index (κ1) is 21.9. The summed E-state index contributed by atoms with van der Waals surface area (Å²) in [6.45, 7) is 6.49. The van der Waals surface area contributed by atoms with Crippen molar-refractivity contribution in [1.82, 2.24) is 14.7 Å². The molecule has 0 unspecified atom stereocenters. The standard InChI is InChI=1S/C19H25ClFN3O4/c1-19(2,3)28-18(27)22(4)12-16(25)23-7-9-24(10-8-23)17(26)14-6-5-13(21)11-15(14)20/h5-6,11H,7-10,12H2,1-4H3. The van der Waals surface area contributed by atoms with Crippen LogP contribution in [0.5, 0.6) is 0 Å². The quantitative estimate of drug-likeness (QED) is 0.763. The van der Waals surface area contributed by atoms with Gasteiger partial charge in [0.1, 0.15) is 18.0 Å². The minimum atomic E-state index is -0.637. The van der Waals surface area contributed by atoms with Crippen molar-refractivity contribution in [2.24, 2.45) is 0 Å². The third kappa shape index (κ3) is 5.82. The second kappa shape index (κ2) is 8.77. The summed E-state index contributed by atoms with van der Waals surface area (Å²) < 4.78 is 18.4. The molecule has 0 atom stereocenters. The molecule has 0 spiro atoms.